The summed E-state index contributed by atoms with van der Waals surface area (Å²) in [5.41, 5.74) is 2.53. The molecular formula is C18H14ClFN2O2. The van der Waals surface area contributed by atoms with Gasteiger partial charge in [0.25, 0.3) is 5.69 Å². The second-order valence-corrected chi connectivity index (χ2v) is 6.58. The Bertz CT molecular complexity index is 868. The molecule has 4 nitrogen and oxygen atoms in total. The van der Waals surface area contributed by atoms with Gasteiger partial charge in [0.15, 0.2) is 0 Å². The molecule has 3 atom stereocenters. The van der Waals surface area contributed by atoms with Gasteiger partial charge in [-0.05, 0) is 47.7 Å². The minimum atomic E-state index is -0.470. The van der Waals surface area contributed by atoms with Crippen molar-refractivity contribution >= 4 is 23.0 Å². The first kappa shape index (κ1) is 15.1. The molecule has 0 spiro atoms. The summed E-state index contributed by atoms with van der Waals surface area (Å²) in [7, 11) is 0. The lowest BCUT2D eigenvalue weighted by Crippen LogP contribution is -2.29. The first-order chi connectivity index (χ1) is 11.5. The van der Waals surface area contributed by atoms with Crippen molar-refractivity contribution in [3.05, 3.63) is 80.6 Å². The molecule has 0 aromatic heterocycles. The van der Waals surface area contributed by atoms with E-state index in [1.54, 1.807) is 18.2 Å². The highest BCUT2D eigenvalue weighted by Crippen LogP contribution is 2.50. The molecule has 6 heteroatoms. The summed E-state index contributed by atoms with van der Waals surface area (Å²) in [4.78, 5) is 10.7. The summed E-state index contributed by atoms with van der Waals surface area (Å²) in [6.45, 7) is 0. The van der Waals surface area contributed by atoms with Crippen LogP contribution in [0.25, 0.3) is 0 Å². The largest absolute Gasteiger partial charge is 0.378 e. The van der Waals surface area contributed by atoms with Crippen molar-refractivity contribution in [3.63, 3.8) is 0 Å². The van der Waals surface area contributed by atoms with Gasteiger partial charge in [-0.1, -0.05) is 29.8 Å². The van der Waals surface area contributed by atoms with E-state index in [4.69, 9.17) is 11.6 Å². The van der Waals surface area contributed by atoms with Gasteiger partial charge in [0.05, 0.1) is 11.0 Å². The zero-order valence-electron chi connectivity index (χ0n) is 12.6. The smallest absolute Gasteiger partial charge is 0.288 e. The fraction of sp³-hybridized carbons (Fsp3) is 0.222. The number of fused-ring (bicyclic) bond motifs is 3. The van der Waals surface area contributed by atoms with E-state index < -0.39 is 4.92 Å². The standard InChI is InChI=1S/C18H14ClFN2O2/c19-15-6-4-10(8-17(15)22(23)24)18-13-3-1-2-12(13)14-9-11(20)5-7-16(14)21-18/h1-2,4-9,12-13,18,21H,3H2/t12-,13-,18-/m0/s1. The van der Waals surface area contributed by atoms with E-state index in [-0.39, 0.29) is 34.4 Å². The molecule has 1 heterocycles. The summed E-state index contributed by atoms with van der Waals surface area (Å²) in [5.74, 6) is 0.0481. The molecule has 0 unspecified atom stereocenters. The van der Waals surface area contributed by atoms with E-state index in [1.807, 2.05) is 6.07 Å². The highest BCUT2D eigenvalue weighted by atomic mass is 35.5. The lowest BCUT2D eigenvalue weighted by atomic mass is 9.77. The van der Waals surface area contributed by atoms with E-state index in [0.717, 1.165) is 23.2 Å². The van der Waals surface area contributed by atoms with Crippen LogP contribution < -0.4 is 5.32 Å². The maximum atomic E-state index is 13.6. The van der Waals surface area contributed by atoms with Crippen molar-refractivity contribution in [1.29, 1.82) is 0 Å². The lowest BCUT2D eigenvalue weighted by Gasteiger charge is -2.37. The Morgan fingerprint density at radius 1 is 1.25 bits per heavy atom. The Kier molecular flexibility index (Phi) is 3.53. The molecule has 122 valence electrons. The quantitative estimate of drug-likeness (QED) is 0.462. The number of nitro groups is 1. The minimum absolute atomic E-state index is 0.0843. The van der Waals surface area contributed by atoms with Crippen LogP contribution in [0.2, 0.25) is 5.02 Å². The Hall–Kier alpha value is -2.40. The van der Waals surface area contributed by atoms with Crippen LogP contribution in [0.5, 0.6) is 0 Å². The average Bonchev–Trinajstić information content (AvgIpc) is 3.04. The fourth-order valence-electron chi connectivity index (χ4n) is 3.76. The maximum absolute atomic E-state index is 13.6. The van der Waals surface area contributed by atoms with Gasteiger partial charge in [0.1, 0.15) is 10.8 Å². The van der Waals surface area contributed by atoms with E-state index >= 15 is 0 Å². The van der Waals surface area contributed by atoms with Gasteiger partial charge >= 0.3 is 0 Å². The summed E-state index contributed by atoms with van der Waals surface area (Å²) in [5, 5.41) is 14.7. The molecule has 0 amide bonds. The molecule has 2 aliphatic rings. The highest BCUT2D eigenvalue weighted by molar-refractivity contribution is 6.32. The third-order valence-corrected chi connectivity index (χ3v) is 5.17. The SMILES string of the molecule is O=[N+]([O-])c1cc([C@@H]2Nc3ccc(F)cc3[C@H]3C=CC[C@@H]32)ccc1Cl. The van der Waals surface area contributed by atoms with Crippen molar-refractivity contribution in [2.75, 3.05) is 5.32 Å². The normalized spacial score (nSPS) is 24.2. The first-order valence-electron chi connectivity index (χ1n) is 7.71. The van der Waals surface area contributed by atoms with Crippen LogP contribution in [0.15, 0.2) is 48.6 Å². The Morgan fingerprint density at radius 2 is 2.08 bits per heavy atom. The first-order valence-corrected chi connectivity index (χ1v) is 8.09. The van der Waals surface area contributed by atoms with Crippen LogP contribution in [0.4, 0.5) is 15.8 Å². The van der Waals surface area contributed by atoms with E-state index in [1.165, 1.54) is 12.1 Å². The maximum Gasteiger partial charge on any atom is 0.288 e. The predicted octanol–water partition coefficient (Wildman–Crippen LogP) is 5.21. The molecular weight excluding hydrogens is 331 g/mol. The highest BCUT2D eigenvalue weighted by Gasteiger charge is 2.38. The zero-order chi connectivity index (χ0) is 16.8. The van der Waals surface area contributed by atoms with Crippen LogP contribution >= 0.6 is 11.6 Å². The van der Waals surface area contributed by atoms with Gasteiger partial charge < -0.3 is 5.32 Å². The summed E-state index contributed by atoms with van der Waals surface area (Å²) in [6, 6.07) is 9.54. The minimum Gasteiger partial charge on any atom is -0.378 e. The second kappa shape index (κ2) is 5.60. The van der Waals surface area contributed by atoms with Crippen LogP contribution in [-0.2, 0) is 0 Å². The fourth-order valence-corrected chi connectivity index (χ4v) is 3.94. The van der Waals surface area contributed by atoms with Crippen molar-refractivity contribution in [2.24, 2.45) is 5.92 Å². The number of anilines is 1. The molecule has 2 aromatic rings. The van der Waals surface area contributed by atoms with Crippen molar-refractivity contribution in [3.8, 4) is 0 Å². The van der Waals surface area contributed by atoms with Gasteiger partial charge in [0.2, 0.25) is 0 Å². The number of benzene rings is 2. The predicted molar refractivity (Wildman–Crippen MR) is 90.9 cm³/mol. The number of allylic oxidation sites excluding steroid dienone is 2. The van der Waals surface area contributed by atoms with Crippen LogP contribution in [-0.4, -0.2) is 4.92 Å². The lowest BCUT2D eigenvalue weighted by molar-refractivity contribution is -0.384. The summed E-state index contributed by atoms with van der Waals surface area (Å²) in [6.07, 6.45) is 5.03. The number of halogens is 2. The third-order valence-electron chi connectivity index (χ3n) is 4.85. The molecule has 0 radical (unpaired) electrons. The van der Waals surface area contributed by atoms with E-state index in [0.29, 0.717) is 0 Å². The van der Waals surface area contributed by atoms with E-state index in [2.05, 4.69) is 17.5 Å². The van der Waals surface area contributed by atoms with Crippen LogP contribution in [0, 0.1) is 21.8 Å². The molecule has 0 bridgehead atoms. The average molecular weight is 345 g/mol. The van der Waals surface area contributed by atoms with Gasteiger partial charge in [0, 0.05) is 17.7 Å². The van der Waals surface area contributed by atoms with Gasteiger partial charge in [-0.2, -0.15) is 0 Å². The Morgan fingerprint density at radius 3 is 2.88 bits per heavy atom. The van der Waals surface area contributed by atoms with Crippen LogP contribution in [0.3, 0.4) is 0 Å². The second-order valence-electron chi connectivity index (χ2n) is 6.18. The Balaban J connectivity index is 1.79. The van der Waals surface area contributed by atoms with Crippen LogP contribution in [0.1, 0.15) is 29.5 Å². The molecule has 0 saturated carbocycles. The molecule has 2 aromatic carbocycles. The monoisotopic (exact) mass is 344 g/mol. The molecule has 0 fully saturated rings. The van der Waals surface area contributed by atoms with Crippen molar-refractivity contribution in [2.45, 2.75) is 18.4 Å². The van der Waals surface area contributed by atoms with Crippen molar-refractivity contribution < 1.29 is 9.31 Å². The number of hydrogen-bond acceptors (Lipinski definition) is 3. The van der Waals surface area contributed by atoms with E-state index in [9.17, 15) is 14.5 Å². The van der Waals surface area contributed by atoms with Gasteiger partial charge in [-0.25, -0.2) is 4.39 Å². The molecule has 1 aliphatic heterocycles. The Labute approximate surface area is 143 Å². The van der Waals surface area contributed by atoms with Gasteiger partial charge in [-0.15, -0.1) is 0 Å². The zero-order valence-corrected chi connectivity index (χ0v) is 13.3. The number of nitrogens with zero attached hydrogens (tertiary/aromatic N) is 1. The molecule has 4 rings (SSSR count). The topological polar surface area (TPSA) is 55.2 Å². The van der Waals surface area contributed by atoms with Crippen molar-refractivity contribution in [1.82, 2.24) is 0 Å². The molecule has 24 heavy (non-hydrogen) atoms. The summed E-state index contributed by atoms with van der Waals surface area (Å²) >= 11 is 5.92. The molecule has 1 aliphatic carbocycles. The third kappa shape index (κ3) is 2.36. The molecule has 1 N–H and O–H groups in total. The number of nitro benzene ring substituents is 1. The molecule has 0 saturated heterocycles. The van der Waals surface area contributed by atoms with Gasteiger partial charge in [-0.3, -0.25) is 10.1 Å². The number of nitrogens with one attached hydrogen (secondary N) is 1. The number of hydrogen-bond donors (Lipinski definition) is 1. The summed E-state index contributed by atoms with van der Waals surface area (Å²) < 4.78 is 13.6. The number of rotatable bonds is 2.